The predicted molar refractivity (Wildman–Crippen MR) is 74.6 cm³/mol. The van der Waals surface area contributed by atoms with Gasteiger partial charge in [-0.25, -0.2) is 4.39 Å². The number of aliphatic hydroxyl groups is 1. The highest BCUT2D eigenvalue weighted by Crippen LogP contribution is 2.33. The third-order valence-corrected chi connectivity index (χ3v) is 3.86. The number of nitrogens with one attached hydrogen (secondary N) is 1. The van der Waals surface area contributed by atoms with E-state index in [1.807, 2.05) is 31.2 Å². The Balaban J connectivity index is 1.81. The van der Waals surface area contributed by atoms with Crippen LogP contribution in [0.4, 0.5) is 4.39 Å². The van der Waals surface area contributed by atoms with Crippen LogP contribution in [0.15, 0.2) is 42.7 Å². The van der Waals surface area contributed by atoms with Crippen LogP contribution in [0.3, 0.4) is 0 Å². The highest BCUT2D eigenvalue weighted by molar-refractivity contribution is 5.36. The van der Waals surface area contributed by atoms with Gasteiger partial charge in [-0.1, -0.05) is 24.3 Å². The first kappa shape index (κ1) is 13.2. The summed E-state index contributed by atoms with van der Waals surface area (Å²) in [6, 6.07) is 9.29. The zero-order valence-corrected chi connectivity index (χ0v) is 11.3. The van der Waals surface area contributed by atoms with Gasteiger partial charge < -0.3 is 10.4 Å². The number of fused-ring (bicyclic) bond motifs is 1. The van der Waals surface area contributed by atoms with Crippen molar-refractivity contribution in [2.75, 3.05) is 0 Å². The topological polar surface area (TPSA) is 45.1 Å². The molecule has 0 bridgehead atoms. The molecule has 0 radical (unpaired) electrons. The molecule has 0 aliphatic heterocycles. The molecule has 0 fully saturated rings. The Bertz CT molecular complexity index is 617. The second kappa shape index (κ2) is 5.31. The number of aliphatic hydroxyl groups excluding tert-OH is 1. The molecule has 0 saturated carbocycles. The molecule has 3 atom stereocenters. The highest BCUT2D eigenvalue weighted by Gasteiger charge is 2.31. The molecule has 1 aliphatic carbocycles. The average molecular weight is 272 g/mol. The summed E-state index contributed by atoms with van der Waals surface area (Å²) in [6.07, 6.45) is 3.04. The molecular weight excluding hydrogens is 255 g/mol. The molecule has 3 unspecified atom stereocenters. The fourth-order valence-corrected chi connectivity index (χ4v) is 2.81. The van der Waals surface area contributed by atoms with Crippen molar-refractivity contribution in [1.29, 1.82) is 0 Å². The molecule has 2 aromatic rings. The van der Waals surface area contributed by atoms with Crippen molar-refractivity contribution in [2.24, 2.45) is 0 Å². The Morgan fingerprint density at radius 1 is 1.35 bits per heavy atom. The van der Waals surface area contributed by atoms with E-state index in [0.717, 1.165) is 11.1 Å². The van der Waals surface area contributed by atoms with Gasteiger partial charge >= 0.3 is 0 Å². The van der Waals surface area contributed by atoms with E-state index in [1.54, 1.807) is 6.20 Å². The smallest absolute Gasteiger partial charge is 0.141 e. The van der Waals surface area contributed by atoms with Crippen molar-refractivity contribution in [3.63, 3.8) is 0 Å². The summed E-state index contributed by atoms with van der Waals surface area (Å²) in [6.45, 7) is 1.95. The van der Waals surface area contributed by atoms with Crippen LogP contribution in [0, 0.1) is 5.82 Å². The molecule has 2 N–H and O–H groups in total. The quantitative estimate of drug-likeness (QED) is 0.902. The lowest BCUT2D eigenvalue weighted by Gasteiger charge is -2.23. The molecule has 3 nitrogen and oxygen atoms in total. The largest absolute Gasteiger partial charge is 0.391 e. The van der Waals surface area contributed by atoms with Gasteiger partial charge in [0.15, 0.2) is 0 Å². The zero-order chi connectivity index (χ0) is 14.1. The molecule has 1 aromatic heterocycles. The first-order valence-electron chi connectivity index (χ1n) is 6.77. The first-order valence-corrected chi connectivity index (χ1v) is 6.77. The molecule has 0 amide bonds. The summed E-state index contributed by atoms with van der Waals surface area (Å²) >= 11 is 0. The maximum atomic E-state index is 13.2. The Morgan fingerprint density at radius 2 is 2.15 bits per heavy atom. The van der Waals surface area contributed by atoms with Crippen LogP contribution >= 0.6 is 0 Å². The molecular formula is C16H17FN2O. The van der Waals surface area contributed by atoms with Crippen LogP contribution in [-0.2, 0) is 6.42 Å². The van der Waals surface area contributed by atoms with Crippen LogP contribution < -0.4 is 5.32 Å². The lowest BCUT2D eigenvalue weighted by molar-refractivity contribution is 0.136. The van der Waals surface area contributed by atoms with Crippen molar-refractivity contribution in [3.05, 3.63) is 65.2 Å². The highest BCUT2D eigenvalue weighted by atomic mass is 19.1. The minimum Gasteiger partial charge on any atom is -0.391 e. The molecule has 1 aliphatic rings. The van der Waals surface area contributed by atoms with Crippen LogP contribution in [0.1, 0.15) is 35.7 Å². The monoisotopic (exact) mass is 272 g/mol. The molecule has 1 heterocycles. The van der Waals surface area contributed by atoms with E-state index in [9.17, 15) is 9.50 Å². The van der Waals surface area contributed by atoms with Gasteiger partial charge in [0.25, 0.3) is 0 Å². The maximum absolute atomic E-state index is 13.2. The number of hydrogen-bond donors (Lipinski definition) is 2. The summed E-state index contributed by atoms with van der Waals surface area (Å²) in [5.74, 6) is -0.344. The second-order valence-electron chi connectivity index (χ2n) is 5.27. The molecule has 3 rings (SSSR count). The van der Waals surface area contributed by atoms with E-state index in [0.29, 0.717) is 6.42 Å². The summed E-state index contributed by atoms with van der Waals surface area (Å²) in [7, 11) is 0. The van der Waals surface area contributed by atoms with E-state index < -0.39 is 6.10 Å². The third kappa shape index (κ3) is 2.44. The Hall–Kier alpha value is -1.78. The minimum atomic E-state index is -0.448. The second-order valence-corrected chi connectivity index (χ2v) is 5.27. The van der Waals surface area contributed by atoms with E-state index >= 15 is 0 Å². The summed E-state index contributed by atoms with van der Waals surface area (Å²) in [5, 5.41) is 13.6. The number of halogens is 1. The SMILES string of the molecule is CC(NC1c2ccccc2CC1O)c1cncc(F)c1. The van der Waals surface area contributed by atoms with Gasteiger partial charge in [0.2, 0.25) is 0 Å². The molecule has 4 heteroatoms. The van der Waals surface area contributed by atoms with Gasteiger partial charge in [0.1, 0.15) is 5.82 Å². The maximum Gasteiger partial charge on any atom is 0.141 e. The molecule has 0 spiro atoms. The van der Waals surface area contributed by atoms with E-state index in [2.05, 4.69) is 10.3 Å². The van der Waals surface area contributed by atoms with E-state index in [-0.39, 0.29) is 17.9 Å². The average Bonchev–Trinajstić information content (AvgIpc) is 2.75. The number of hydrogen-bond acceptors (Lipinski definition) is 3. The molecule has 104 valence electrons. The minimum absolute atomic E-state index is 0.0796. The normalized spacial score (nSPS) is 22.6. The Kier molecular flexibility index (Phi) is 3.51. The van der Waals surface area contributed by atoms with Crippen molar-refractivity contribution in [3.8, 4) is 0 Å². The third-order valence-electron chi connectivity index (χ3n) is 3.86. The number of aromatic nitrogens is 1. The van der Waals surface area contributed by atoms with Crippen molar-refractivity contribution in [2.45, 2.75) is 31.5 Å². The fraction of sp³-hybridized carbons (Fsp3) is 0.312. The zero-order valence-electron chi connectivity index (χ0n) is 11.3. The van der Waals surface area contributed by atoms with Gasteiger partial charge in [-0.2, -0.15) is 0 Å². The van der Waals surface area contributed by atoms with Gasteiger partial charge in [-0.3, -0.25) is 4.98 Å². The van der Waals surface area contributed by atoms with Crippen LogP contribution in [0.25, 0.3) is 0 Å². The molecule has 1 aromatic carbocycles. The Morgan fingerprint density at radius 3 is 2.95 bits per heavy atom. The van der Waals surface area contributed by atoms with E-state index in [1.165, 1.54) is 17.8 Å². The molecule has 20 heavy (non-hydrogen) atoms. The summed E-state index contributed by atoms with van der Waals surface area (Å²) < 4.78 is 13.2. The van der Waals surface area contributed by atoms with Crippen molar-refractivity contribution in [1.82, 2.24) is 10.3 Å². The Labute approximate surface area is 117 Å². The van der Waals surface area contributed by atoms with Gasteiger partial charge in [-0.15, -0.1) is 0 Å². The van der Waals surface area contributed by atoms with Crippen molar-refractivity contribution < 1.29 is 9.50 Å². The number of rotatable bonds is 3. The fourth-order valence-electron chi connectivity index (χ4n) is 2.81. The van der Waals surface area contributed by atoms with Crippen LogP contribution in [0.2, 0.25) is 0 Å². The van der Waals surface area contributed by atoms with Gasteiger partial charge in [-0.05, 0) is 29.7 Å². The predicted octanol–water partition coefficient (Wildman–Crippen LogP) is 2.53. The standard InChI is InChI=1S/C16H17FN2O/c1-10(12-6-13(17)9-18-8-12)19-16-14-5-3-2-4-11(14)7-15(16)20/h2-6,8-10,15-16,19-20H,7H2,1H3. The first-order chi connectivity index (χ1) is 9.65. The van der Waals surface area contributed by atoms with Crippen LogP contribution in [0.5, 0.6) is 0 Å². The van der Waals surface area contributed by atoms with Crippen LogP contribution in [-0.4, -0.2) is 16.2 Å². The lowest BCUT2D eigenvalue weighted by Crippen LogP contribution is -2.31. The molecule has 0 saturated heterocycles. The van der Waals surface area contributed by atoms with Crippen molar-refractivity contribution >= 4 is 0 Å². The summed E-state index contributed by atoms with van der Waals surface area (Å²) in [5.41, 5.74) is 3.07. The number of pyridine rings is 1. The summed E-state index contributed by atoms with van der Waals surface area (Å²) in [4.78, 5) is 3.87. The number of nitrogens with zero attached hydrogens (tertiary/aromatic N) is 1. The van der Waals surface area contributed by atoms with Gasteiger partial charge in [0.05, 0.1) is 18.3 Å². The number of benzene rings is 1. The van der Waals surface area contributed by atoms with Gasteiger partial charge in [0, 0.05) is 18.7 Å². The van der Waals surface area contributed by atoms with E-state index in [4.69, 9.17) is 0 Å². The lowest BCUT2D eigenvalue weighted by atomic mass is 10.0.